The molecule has 3 rings (SSSR count). The Morgan fingerprint density at radius 3 is 2.84 bits per heavy atom. The molecule has 1 saturated carbocycles. The Kier molecular flexibility index (Phi) is 3.46. The van der Waals surface area contributed by atoms with Gasteiger partial charge in [0.2, 0.25) is 5.82 Å². The molecule has 1 atom stereocenters. The van der Waals surface area contributed by atoms with Crippen LogP contribution in [0.4, 0.5) is 6.01 Å². The summed E-state index contributed by atoms with van der Waals surface area (Å²) in [6.45, 7) is 2.55. The number of aromatic nitrogens is 2. The SMILES string of the molecule is CCOC(c1ccccc1)c1noc(NC2CC2)n1. The van der Waals surface area contributed by atoms with Gasteiger partial charge < -0.3 is 14.6 Å². The molecule has 100 valence electrons. The summed E-state index contributed by atoms with van der Waals surface area (Å²) in [5.41, 5.74) is 1.03. The molecule has 0 radical (unpaired) electrons. The fourth-order valence-electron chi connectivity index (χ4n) is 1.92. The lowest BCUT2D eigenvalue weighted by molar-refractivity contribution is 0.0833. The molecule has 0 saturated heterocycles. The smallest absolute Gasteiger partial charge is 0.321 e. The first-order valence-corrected chi connectivity index (χ1v) is 6.63. The highest BCUT2D eigenvalue weighted by atomic mass is 16.5. The number of nitrogens with one attached hydrogen (secondary N) is 1. The summed E-state index contributed by atoms with van der Waals surface area (Å²) in [5, 5.41) is 7.21. The van der Waals surface area contributed by atoms with Gasteiger partial charge in [0.15, 0.2) is 0 Å². The highest BCUT2D eigenvalue weighted by Crippen LogP contribution is 2.27. The van der Waals surface area contributed by atoms with Crippen molar-refractivity contribution < 1.29 is 9.26 Å². The van der Waals surface area contributed by atoms with E-state index in [1.54, 1.807) is 0 Å². The molecule has 1 aromatic carbocycles. The molecule has 1 heterocycles. The van der Waals surface area contributed by atoms with Gasteiger partial charge in [-0.1, -0.05) is 35.5 Å². The molecule has 1 fully saturated rings. The van der Waals surface area contributed by atoms with Crippen LogP contribution in [0.25, 0.3) is 0 Å². The molecule has 0 amide bonds. The van der Waals surface area contributed by atoms with Crippen LogP contribution in [0.3, 0.4) is 0 Å². The first-order valence-electron chi connectivity index (χ1n) is 6.63. The monoisotopic (exact) mass is 259 g/mol. The van der Waals surface area contributed by atoms with E-state index in [0.29, 0.717) is 24.5 Å². The third kappa shape index (κ3) is 2.93. The van der Waals surface area contributed by atoms with E-state index in [9.17, 15) is 0 Å². The van der Waals surface area contributed by atoms with Crippen LogP contribution in [-0.4, -0.2) is 22.8 Å². The first-order chi connectivity index (χ1) is 9.36. The Morgan fingerprint density at radius 1 is 1.37 bits per heavy atom. The molecule has 1 aliphatic carbocycles. The summed E-state index contributed by atoms with van der Waals surface area (Å²) >= 11 is 0. The zero-order chi connectivity index (χ0) is 13.1. The van der Waals surface area contributed by atoms with Crippen molar-refractivity contribution in [1.29, 1.82) is 0 Å². The lowest BCUT2D eigenvalue weighted by atomic mass is 10.1. The van der Waals surface area contributed by atoms with Gasteiger partial charge in [0.25, 0.3) is 0 Å². The van der Waals surface area contributed by atoms with Gasteiger partial charge in [-0.15, -0.1) is 0 Å². The minimum absolute atomic E-state index is 0.273. The number of anilines is 1. The van der Waals surface area contributed by atoms with Crippen molar-refractivity contribution in [2.45, 2.75) is 31.9 Å². The number of ether oxygens (including phenoxy) is 1. The number of hydrogen-bond donors (Lipinski definition) is 1. The largest absolute Gasteiger partial charge is 0.366 e. The molecule has 5 heteroatoms. The van der Waals surface area contributed by atoms with E-state index in [2.05, 4.69) is 15.5 Å². The van der Waals surface area contributed by atoms with E-state index in [0.717, 1.165) is 5.56 Å². The second kappa shape index (κ2) is 5.40. The maximum absolute atomic E-state index is 5.74. The lowest BCUT2D eigenvalue weighted by Crippen LogP contribution is -2.08. The lowest BCUT2D eigenvalue weighted by Gasteiger charge is -2.13. The standard InChI is InChI=1S/C14H17N3O2/c1-2-18-12(10-6-4-3-5-7-10)13-16-14(19-17-13)15-11-8-9-11/h3-7,11-12H,2,8-9H2,1H3,(H,15,16,17). The van der Waals surface area contributed by atoms with Crippen molar-refractivity contribution in [3.05, 3.63) is 41.7 Å². The number of nitrogens with zero attached hydrogens (tertiary/aromatic N) is 2. The Balaban J connectivity index is 1.80. The zero-order valence-electron chi connectivity index (χ0n) is 10.9. The van der Waals surface area contributed by atoms with Crippen LogP contribution >= 0.6 is 0 Å². The maximum atomic E-state index is 5.74. The van der Waals surface area contributed by atoms with Crippen LogP contribution in [0.5, 0.6) is 0 Å². The van der Waals surface area contributed by atoms with Crippen LogP contribution in [0.15, 0.2) is 34.9 Å². The summed E-state index contributed by atoms with van der Waals surface area (Å²) in [6.07, 6.45) is 2.07. The molecular weight excluding hydrogens is 242 g/mol. The molecule has 1 unspecified atom stereocenters. The summed E-state index contributed by atoms with van der Waals surface area (Å²) in [5.74, 6) is 0.566. The summed E-state index contributed by atoms with van der Waals surface area (Å²) in [7, 11) is 0. The normalized spacial score (nSPS) is 16.3. The fourth-order valence-corrected chi connectivity index (χ4v) is 1.92. The van der Waals surface area contributed by atoms with E-state index in [1.807, 2.05) is 37.3 Å². The first kappa shape index (κ1) is 12.2. The molecule has 2 aromatic rings. The molecular formula is C14H17N3O2. The van der Waals surface area contributed by atoms with Crippen molar-refractivity contribution in [1.82, 2.24) is 10.1 Å². The van der Waals surface area contributed by atoms with Gasteiger partial charge in [0.05, 0.1) is 0 Å². The second-order valence-electron chi connectivity index (χ2n) is 4.62. The minimum atomic E-state index is -0.273. The van der Waals surface area contributed by atoms with Crippen molar-refractivity contribution in [3.8, 4) is 0 Å². The van der Waals surface area contributed by atoms with Gasteiger partial charge in [-0.2, -0.15) is 4.98 Å². The Morgan fingerprint density at radius 2 is 2.16 bits per heavy atom. The van der Waals surface area contributed by atoms with Gasteiger partial charge in [-0.05, 0) is 25.3 Å². The average molecular weight is 259 g/mol. The van der Waals surface area contributed by atoms with Crippen LogP contribution in [0.2, 0.25) is 0 Å². The fraction of sp³-hybridized carbons (Fsp3) is 0.429. The van der Waals surface area contributed by atoms with E-state index in [-0.39, 0.29) is 6.10 Å². The molecule has 19 heavy (non-hydrogen) atoms. The molecule has 1 aromatic heterocycles. The van der Waals surface area contributed by atoms with Crippen LogP contribution in [0, 0.1) is 0 Å². The zero-order valence-corrected chi connectivity index (χ0v) is 10.9. The van der Waals surface area contributed by atoms with Crippen molar-refractivity contribution in [2.75, 3.05) is 11.9 Å². The second-order valence-corrected chi connectivity index (χ2v) is 4.62. The predicted molar refractivity (Wildman–Crippen MR) is 70.9 cm³/mol. The van der Waals surface area contributed by atoms with Gasteiger partial charge >= 0.3 is 6.01 Å². The highest BCUT2D eigenvalue weighted by molar-refractivity contribution is 5.27. The van der Waals surface area contributed by atoms with Gasteiger partial charge in [0.1, 0.15) is 6.10 Å². The topological polar surface area (TPSA) is 60.2 Å². The van der Waals surface area contributed by atoms with Crippen molar-refractivity contribution in [3.63, 3.8) is 0 Å². The Labute approximate surface area is 112 Å². The summed E-state index contributed by atoms with van der Waals surface area (Å²) in [4.78, 5) is 4.37. The number of rotatable bonds is 6. The van der Waals surface area contributed by atoms with E-state index < -0.39 is 0 Å². The predicted octanol–water partition coefficient (Wildman–Crippen LogP) is 2.77. The van der Waals surface area contributed by atoms with E-state index >= 15 is 0 Å². The van der Waals surface area contributed by atoms with E-state index in [1.165, 1.54) is 12.8 Å². The summed E-state index contributed by atoms with van der Waals surface area (Å²) < 4.78 is 10.9. The number of benzene rings is 1. The van der Waals surface area contributed by atoms with Crippen molar-refractivity contribution in [2.24, 2.45) is 0 Å². The molecule has 1 N–H and O–H groups in total. The Bertz CT molecular complexity index is 522. The molecule has 0 aliphatic heterocycles. The molecule has 0 bridgehead atoms. The molecule has 0 spiro atoms. The van der Waals surface area contributed by atoms with Gasteiger partial charge in [0, 0.05) is 12.6 Å². The van der Waals surface area contributed by atoms with Crippen LogP contribution < -0.4 is 5.32 Å². The molecule has 5 nitrogen and oxygen atoms in total. The van der Waals surface area contributed by atoms with Crippen LogP contribution in [-0.2, 0) is 4.74 Å². The van der Waals surface area contributed by atoms with Gasteiger partial charge in [-0.3, -0.25) is 0 Å². The van der Waals surface area contributed by atoms with Crippen LogP contribution in [0.1, 0.15) is 37.3 Å². The third-order valence-electron chi connectivity index (χ3n) is 3.02. The third-order valence-corrected chi connectivity index (χ3v) is 3.02. The Hall–Kier alpha value is -1.88. The van der Waals surface area contributed by atoms with Gasteiger partial charge in [-0.25, -0.2) is 0 Å². The summed E-state index contributed by atoms with van der Waals surface area (Å²) in [6, 6.07) is 10.9. The quantitative estimate of drug-likeness (QED) is 0.864. The maximum Gasteiger partial charge on any atom is 0.321 e. The molecule has 1 aliphatic rings. The highest BCUT2D eigenvalue weighted by Gasteiger charge is 2.25. The van der Waals surface area contributed by atoms with Crippen molar-refractivity contribution >= 4 is 6.01 Å². The average Bonchev–Trinajstić information content (AvgIpc) is 3.14. The minimum Gasteiger partial charge on any atom is -0.366 e. The number of hydrogen-bond acceptors (Lipinski definition) is 5. The van der Waals surface area contributed by atoms with E-state index in [4.69, 9.17) is 9.26 Å².